The summed E-state index contributed by atoms with van der Waals surface area (Å²) in [6.45, 7) is 0.377. The van der Waals surface area contributed by atoms with Crippen LogP contribution in [0.2, 0.25) is 0 Å². The normalized spacial score (nSPS) is 10.1. The maximum Gasteiger partial charge on any atom is 0.243 e. The van der Waals surface area contributed by atoms with Crippen LogP contribution in [0.3, 0.4) is 0 Å². The highest BCUT2D eigenvalue weighted by atomic mass is 16.3. The number of aromatic hydroxyl groups is 2. The lowest BCUT2D eigenvalue weighted by atomic mass is 10.3. The molecule has 0 amide bonds. The summed E-state index contributed by atoms with van der Waals surface area (Å²) in [5.74, 6) is -0.968. The molecule has 5 N–H and O–H groups in total. The average molecular weight is 233 g/mol. The molecule has 0 bridgehead atoms. The summed E-state index contributed by atoms with van der Waals surface area (Å²) in [4.78, 5) is 11.0. The molecule has 0 saturated carbocycles. The minimum Gasteiger partial charge on any atom is -0.492 e. The van der Waals surface area contributed by atoms with E-state index < -0.39 is 0 Å². The van der Waals surface area contributed by atoms with Crippen LogP contribution in [0, 0.1) is 0 Å². The fourth-order valence-electron chi connectivity index (χ4n) is 1.31. The molecule has 0 atom stereocenters. The molecule has 0 aliphatic heterocycles. The smallest absolute Gasteiger partial charge is 0.243 e. The molecule has 0 fully saturated rings. The standard InChI is InChI=1S/C10H11N5O2/c11-10-14-8(16)7(9(17)15-10)13-5-6-2-1-3-12-4-6/h1-4,13H,5H2,(H4,11,14,15,16,17). The summed E-state index contributed by atoms with van der Waals surface area (Å²) >= 11 is 0. The lowest BCUT2D eigenvalue weighted by molar-refractivity contribution is 0.427. The molecule has 0 aromatic carbocycles. The zero-order valence-electron chi connectivity index (χ0n) is 8.83. The van der Waals surface area contributed by atoms with E-state index in [1.807, 2.05) is 6.07 Å². The van der Waals surface area contributed by atoms with E-state index in [1.165, 1.54) is 0 Å². The maximum atomic E-state index is 9.48. The van der Waals surface area contributed by atoms with Crippen LogP contribution in [0.25, 0.3) is 0 Å². The molecule has 7 nitrogen and oxygen atoms in total. The van der Waals surface area contributed by atoms with Gasteiger partial charge in [0.1, 0.15) is 0 Å². The zero-order chi connectivity index (χ0) is 12.3. The second kappa shape index (κ2) is 4.52. The van der Waals surface area contributed by atoms with Crippen LogP contribution in [0.1, 0.15) is 5.56 Å². The number of nitrogens with one attached hydrogen (secondary N) is 1. The third kappa shape index (κ3) is 2.51. The lowest BCUT2D eigenvalue weighted by Gasteiger charge is -2.08. The highest BCUT2D eigenvalue weighted by molar-refractivity contribution is 5.60. The molecule has 2 aromatic rings. The number of anilines is 2. The molecule has 0 spiro atoms. The van der Waals surface area contributed by atoms with Crippen molar-refractivity contribution in [1.82, 2.24) is 15.0 Å². The number of pyridine rings is 1. The van der Waals surface area contributed by atoms with Gasteiger partial charge in [0.05, 0.1) is 0 Å². The van der Waals surface area contributed by atoms with Crippen LogP contribution in [0.5, 0.6) is 11.8 Å². The predicted octanol–water partition coefficient (Wildman–Crippen LogP) is 0.477. The quantitative estimate of drug-likeness (QED) is 0.608. The second-order valence-electron chi connectivity index (χ2n) is 3.32. The first-order chi connectivity index (χ1) is 8.16. The average Bonchev–Trinajstić information content (AvgIpc) is 2.29. The Bertz CT molecular complexity index is 494. The molecule has 0 aliphatic rings. The summed E-state index contributed by atoms with van der Waals surface area (Å²) < 4.78 is 0. The first-order valence-corrected chi connectivity index (χ1v) is 4.85. The molecular weight excluding hydrogens is 222 g/mol. The van der Waals surface area contributed by atoms with Crippen molar-refractivity contribution in [2.75, 3.05) is 11.1 Å². The van der Waals surface area contributed by atoms with Gasteiger partial charge < -0.3 is 21.3 Å². The van der Waals surface area contributed by atoms with Crippen molar-refractivity contribution < 1.29 is 10.2 Å². The number of hydrogen-bond acceptors (Lipinski definition) is 7. The van der Waals surface area contributed by atoms with Crippen molar-refractivity contribution in [2.45, 2.75) is 6.54 Å². The Labute approximate surface area is 97.0 Å². The Balaban J connectivity index is 2.15. The SMILES string of the molecule is Nc1nc(O)c(NCc2cccnc2)c(O)n1. The molecule has 7 heteroatoms. The Kier molecular flexibility index (Phi) is 2.91. The van der Waals surface area contributed by atoms with E-state index in [1.54, 1.807) is 18.5 Å². The third-order valence-electron chi connectivity index (χ3n) is 2.08. The number of nitrogen functional groups attached to an aromatic ring is 1. The molecule has 2 heterocycles. The molecule has 0 unspecified atom stereocenters. The molecular formula is C10H11N5O2. The van der Waals surface area contributed by atoms with E-state index in [0.717, 1.165) is 5.56 Å². The van der Waals surface area contributed by atoms with Gasteiger partial charge in [0.2, 0.25) is 17.7 Å². The monoisotopic (exact) mass is 233 g/mol. The van der Waals surface area contributed by atoms with Crippen LogP contribution in [0.4, 0.5) is 11.6 Å². The fourth-order valence-corrected chi connectivity index (χ4v) is 1.31. The second-order valence-corrected chi connectivity index (χ2v) is 3.32. The van der Waals surface area contributed by atoms with Crippen molar-refractivity contribution in [3.05, 3.63) is 30.1 Å². The Morgan fingerprint density at radius 3 is 2.53 bits per heavy atom. The van der Waals surface area contributed by atoms with Gasteiger partial charge >= 0.3 is 0 Å². The number of nitrogens with two attached hydrogens (primary N) is 1. The Morgan fingerprint density at radius 2 is 1.94 bits per heavy atom. The van der Waals surface area contributed by atoms with Gasteiger partial charge in [-0.1, -0.05) is 6.07 Å². The van der Waals surface area contributed by atoms with E-state index in [9.17, 15) is 10.2 Å². The molecule has 2 rings (SSSR count). The number of aromatic nitrogens is 3. The van der Waals surface area contributed by atoms with E-state index in [4.69, 9.17) is 5.73 Å². The topological polar surface area (TPSA) is 117 Å². The summed E-state index contributed by atoms with van der Waals surface area (Å²) in [6.07, 6.45) is 3.32. The van der Waals surface area contributed by atoms with Crippen molar-refractivity contribution in [3.63, 3.8) is 0 Å². The summed E-state index contributed by atoms with van der Waals surface area (Å²) in [5, 5.41) is 21.8. The van der Waals surface area contributed by atoms with Gasteiger partial charge in [-0.2, -0.15) is 9.97 Å². The Hall–Kier alpha value is -2.57. The summed E-state index contributed by atoms with van der Waals surface area (Å²) in [6, 6.07) is 3.64. The van der Waals surface area contributed by atoms with E-state index >= 15 is 0 Å². The highest BCUT2D eigenvalue weighted by Crippen LogP contribution is 2.30. The van der Waals surface area contributed by atoms with E-state index in [0.29, 0.717) is 6.54 Å². The molecule has 0 saturated heterocycles. The molecule has 88 valence electrons. The minimum absolute atomic E-state index is 0.0445. The summed E-state index contributed by atoms with van der Waals surface area (Å²) in [7, 11) is 0. The zero-order valence-corrected chi connectivity index (χ0v) is 8.83. The number of nitrogens with zero attached hydrogens (tertiary/aromatic N) is 3. The van der Waals surface area contributed by atoms with Gasteiger partial charge in [0.25, 0.3) is 0 Å². The van der Waals surface area contributed by atoms with Crippen LogP contribution < -0.4 is 11.1 Å². The van der Waals surface area contributed by atoms with Gasteiger partial charge in [-0.3, -0.25) is 4.98 Å². The summed E-state index contributed by atoms with van der Waals surface area (Å²) in [5.41, 5.74) is 6.19. The van der Waals surface area contributed by atoms with Gasteiger partial charge in [-0.25, -0.2) is 0 Å². The molecule has 2 aromatic heterocycles. The van der Waals surface area contributed by atoms with Gasteiger partial charge in [-0.15, -0.1) is 0 Å². The van der Waals surface area contributed by atoms with E-state index in [-0.39, 0.29) is 23.4 Å². The van der Waals surface area contributed by atoms with Gasteiger partial charge in [0.15, 0.2) is 5.69 Å². The van der Waals surface area contributed by atoms with Crippen molar-refractivity contribution in [3.8, 4) is 11.8 Å². The van der Waals surface area contributed by atoms with Gasteiger partial charge in [0, 0.05) is 18.9 Å². The van der Waals surface area contributed by atoms with E-state index in [2.05, 4.69) is 20.3 Å². The van der Waals surface area contributed by atoms with Crippen molar-refractivity contribution in [2.24, 2.45) is 0 Å². The minimum atomic E-state index is -0.390. The number of rotatable bonds is 3. The third-order valence-corrected chi connectivity index (χ3v) is 2.08. The van der Waals surface area contributed by atoms with Gasteiger partial charge in [-0.05, 0) is 11.6 Å². The van der Waals surface area contributed by atoms with Crippen molar-refractivity contribution >= 4 is 11.6 Å². The predicted molar refractivity (Wildman–Crippen MR) is 61.3 cm³/mol. The highest BCUT2D eigenvalue weighted by Gasteiger charge is 2.11. The van der Waals surface area contributed by atoms with Crippen LogP contribution >= 0.6 is 0 Å². The first kappa shape index (κ1) is 10.9. The fraction of sp³-hybridized carbons (Fsp3) is 0.100. The van der Waals surface area contributed by atoms with Crippen molar-refractivity contribution in [1.29, 1.82) is 0 Å². The van der Waals surface area contributed by atoms with Crippen LogP contribution in [-0.2, 0) is 6.54 Å². The van der Waals surface area contributed by atoms with Crippen LogP contribution in [-0.4, -0.2) is 25.2 Å². The van der Waals surface area contributed by atoms with Crippen LogP contribution in [0.15, 0.2) is 24.5 Å². The number of hydrogen-bond donors (Lipinski definition) is 4. The molecule has 0 aliphatic carbocycles. The molecule has 0 radical (unpaired) electrons. The Morgan fingerprint density at radius 1 is 1.24 bits per heavy atom. The largest absolute Gasteiger partial charge is 0.492 e. The maximum absolute atomic E-state index is 9.48. The molecule has 17 heavy (non-hydrogen) atoms. The lowest BCUT2D eigenvalue weighted by Crippen LogP contribution is -2.03. The first-order valence-electron chi connectivity index (χ1n) is 4.85.